The van der Waals surface area contributed by atoms with Crippen molar-refractivity contribution in [1.82, 2.24) is 4.90 Å². The van der Waals surface area contributed by atoms with E-state index >= 15 is 0 Å². The minimum absolute atomic E-state index is 0.272. The number of phenols is 2. The van der Waals surface area contributed by atoms with Crippen molar-refractivity contribution < 1.29 is 10.2 Å². The Balaban J connectivity index is 1.88. The molecule has 3 aromatic rings. The zero-order valence-electron chi connectivity index (χ0n) is 13.8. The van der Waals surface area contributed by atoms with E-state index in [1.54, 1.807) is 18.2 Å². The fourth-order valence-electron chi connectivity index (χ4n) is 3.03. The third-order valence-electron chi connectivity index (χ3n) is 4.23. The summed E-state index contributed by atoms with van der Waals surface area (Å²) >= 11 is 6.10. The minimum Gasteiger partial charge on any atom is -0.508 e. The van der Waals surface area contributed by atoms with E-state index in [0.29, 0.717) is 18.1 Å². The standard InChI is InChI=1S/C20H20ClNO2/c1-13-9-16(21)10-15(20(13)24)11-22(2)12-18-17-6-4-3-5-14(17)7-8-19(18)23/h3-10,23-24H,11-12H2,1-2H3. The molecule has 3 nitrogen and oxygen atoms in total. The first-order valence-electron chi connectivity index (χ1n) is 7.82. The zero-order chi connectivity index (χ0) is 17.3. The molecule has 0 aliphatic rings. The molecule has 24 heavy (non-hydrogen) atoms. The Kier molecular flexibility index (Phi) is 4.65. The van der Waals surface area contributed by atoms with Crippen molar-refractivity contribution in [3.8, 4) is 11.5 Å². The SMILES string of the molecule is Cc1cc(Cl)cc(CN(C)Cc2c(O)ccc3ccccc23)c1O. The van der Waals surface area contributed by atoms with Gasteiger partial charge in [0.2, 0.25) is 0 Å². The third-order valence-corrected chi connectivity index (χ3v) is 4.45. The van der Waals surface area contributed by atoms with E-state index in [1.807, 2.05) is 49.2 Å². The molecule has 0 heterocycles. The van der Waals surface area contributed by atoms with Crippen molar-refractivity contribution in [2.45, 2.75) is 20.0 Å². The number of hydrogen-bond donors (Lipinski definition) is 2. The number of aryl methyl sites for hydroxylation is 1. The van der Waals surface area contributed by atoms with Crippen LogP contribution in [0.4, 0.5) is 0 Å². The Bertz CT molecular complexity index is 892. The molecule has 0 saturated heterocycles. The van der Waals surface area contributed by atoms with Crippen LogP contribution in [0, 0.1) is 6.92 Å². The maximum absolute atomic E-state index is 10.3. The van der Waals surface area contributed by atoms with E-state index in [4.69, 9.17) is 11.6 Å². The second kappa shape index (κ2) is 6.71. The number of fused-ring (bicyclic) bond motifs is 1. The van der Waals surface area contributed by atoms with Gasteiger partial charge in [0, 0.05) is 29.2 Å². The first kappa shape index (κ1) is 16.6. The summed E-state index contributed by atoms with van der Waals surface area (Å²) in [6.45, 7) is 2.94. The van der Waals surface area contributed by atoms with Crippen LogP contribution in [0.15, 0.2) is 48.5 Å². The highest BCUT2D eigenvalue weighted by Gasteiger charge is 2.13. The van der Waals surface area contributed by atoms with E-state index < -0.39 is 0 Å². The molecule has 124 valence electrons. The summed E-state index contributed by atoms with van der Waals surface area (Å²) in [4.78, 5) is 2.05. The van der Waals surface area contributed by atoms with Crippen LogP contribution in [0.2, 0.25) is 5.02 Å². The molecule has 0 bridgehead atoms. The Morgan fingerprint density at radius 3 is 2.54 bits per heavy atom. The first-order chi connectivity index (χ1) is 11.5. The summed E-state index contributed by atoms with van der Waals surface area (Å²) < 4.78 is 0. The molecule has 3 aromatic carbocycles. The molecule has 0 saturated carbocycles. The fraction of sp³-hybridized carbons (Fsp3) is 0.200. The Labute approximate surface area is 146 Å². The Morgan fingerprint density at radius 1 is 1.00 bits per heavy atom. The lowest BCUT2D eigenvalue weighted by Gasteiger charge is -2.20. The largest absolute Gasteiger partial charge is 0.508 e. The maximum Gasteiger partial charge on any atom is 0.123 e. The van der Waals surface area contributed by atoms with Crippen LogP contribution in [0.25, 0.3) is 10.8 Å². The van der Waals surface area contributed by atoms with Crippen LogP contribution in [0.1, 0.15) is 16.7 Å². The summed E-state index contributed by atoms with van der Waals surface area (Å²) in [6.07, 6.45) is 0. The predicted molar refractivity (Wildman–Crippen MR) is 98.6 cm³/mol. The average molecular weight is 342 g/mol. The lowest BCUT2D eigenvalue weighted by molar-refractivity contribution is 0.308. The fourth-order valence-corrected chi connectivity index (χ4v) is 3.33. The molecule has 0 aromatic heterocycles. The Morgan fingerprint density at radius 2 is 1.75 bits per heavy atom. The number of aromatic hydroxyl groups is 2. The molecule has 0 aliphatic carbocycles. The van der Waals surface area contributed by atoms with Crippen LogP contribution >= 0.6 is 11.6 Å². The zero-order valence-corrected chi connectivity index (χ0v) is 14.5. The van der Waals surface area contributed by atoms with Gasteiger partial charge in [0.25, 0.3) is 0 Å². The van der Waals surface area contributed by atoms with Gasteiger partial charge in [-0.05, 0) is 48.5 Å². The maximum atomic E-state index is 10.3. The van der Waals surface area contributed by atoms with Gasteiger partial charge in [0.05, 0.1) is 0 Å². The van der Waals surface area contributed by atoms with Gasteiger partial charge in [-0.3, -0.25) is 4.90 Å². The van der Waals surface area contributed by atoms with Gasteiger partial charge in [-0.15, -0.1) is 0 Å². The van der Waals surface area contributed by atoms with Crippen LogP contribution in [-0.2, 0) is 13.1 Å². The number of nitrogens with zero attached hydrogens (tertiary/aromatic N) is 1. The van der Waals surface area contributed by atoms with Crippen molar-refractivity contribution in [1.29, 1.82) is 0 Å². The summed E-state index contributed by atoms with van der Waals surface area (Å²) in [5.74, 6) is 0.556. The molecule has 0 unspecified atom stereocenters. The van der Waals surface area contributed by atoms with E-state index in [0.717, 1.165) is 27.5 Å². The second-order valence-electron chi connectivity index (χ2n) is 6.19. The normalized spacial score (nSPS) is 11.3. The molecule has 0 fully saturated rings. The molecular formula is C20H20ClNO2. The summed E-state index contributed by atoms with van der Waals surface area (Å²) in [7, 11) is 1.96. The summed E-state index contributed by atoms with van der Waals surface area (Å²) in [6, 6.07) is 15.2. The topological polar surface area (TPSA) is 43.7 Å². The quantitative estimate of drug-likeness (QED) is 0.713. The molecule has 0 radical (unpaired) electrons. The van der Waals surface area contributed by atoms with E-state index in [1.165, 1.54) is 0 Å². The van der Waals surface area contributed by atoms with Gasteiger partial charge in [-0.25, -0.2) is 0 Å². The molecule has 0 atom stereocenters. The second-order valence-corrected chi connectivity index (χ2v) is 6.62. The van der Waals surface area contributed by atoms with Gasteiger partial charge in [0.15, 0.2) is 0 Å². The van der Waals surface area contributed by atoms with Crippen molar-refractivity contribution in [2.75, 3.05) is 7.05 Å². The summed E-state index contributed by atoms with van der Waals surface area (Å²) in [5.41, 5.74) is 2.43. The highest BCUT2D eigenvalue weighted by atomic mass is 35.5. The van der Waals surface area contributed by atoms with E-state index in [-0.39, 0.29) is 11.5 Å². The van der Waals surface area contributed by atoms with Crippen molar-refractivity contribution in [2.24, 2.45) is 0 Å². The number of benzene rings is 3. The molecule has 3 rings (SSSR count). The van der Waals surface area contributed by atoms with Gasteiger partial charge in [0.1, 0.15) is 11.5 Å². The monoisotopic (exact) mass is 341 g/mol. The molecule has 0 aliphatic heterocycles. The summed E-state index contributed by atoms with van der Waals surface area (Å²) in [5, 5.41) is 23.2. The smallest absolute Gasteiger partial charge is 0.123 e. The molecule has 2 N–H and O–H groups in total. The number of halogens is 1. The van der Waals surface area contributed by atoms with Crippen LogP contribution in [0.3, 0.4) is 0 Å². The highest BCUT2D eigenvalue weighted by Crippen LogP contribution is 2.30. The first-order valence-corrected chi connectivity index (χ1v) is 8.19. The van der Waals surface area contributed by atoms with E-state index in [9.17, 15) is 10.2 Å². The van der Waals surface area contributed by atoms with Gasteiger partial charge in [-0.1, -0.05) is 41.9 Å². The van der Waals surface area contributed by atoms with Gasteiger partial charge >= 0.3 is 0 Å². The van der Waals surface area contributed by atoms with Crippen molar-refractivity contribution >= 4 is 22.4 Å². The van der Waals surface area contributed by atoms with Gasteiger partial charge in [-0.2, -0.15) is 0 Å². The average Bonchev–Trinajstić information content (AvgIpc) is 2.55. The molecule has 0 spiro atoms. The van der Waals surface area contributed by atoms with Crippen LogP contribution in [0.5, 0.6) is 11.5 Å². The lowest BCUT2D eigenvalue weighted by atomic mass is 10.0. The highest BCUT2D eigenvalue weighted by molar-refractivity contribution is 6.30. The predicted octanol–water partition coefficient (Wildman–Crippen LogP) is 4.84. The third kappa shape index (κ3) is 3.32. The Hall–Kier alpha value is -2.23. The van der Waals surface area contributed by atoms with Crippen molar-refractivity contribution in [3.05, 3.63) is 70.2 Å². The van der Waals surface area contributed by atoms with Crippen molar-refractivity contribution in [3.63, 3.8) is 0 Å². The number of phenolic OH excluding ortho intramolecular Hbond substituents is 2. The molecule has 4 heteroatoms. The lowest BCUT2D eigenvalue weighted by Crippen LogP contribution is -2.17. The molecule has 0 amide bonds. The number of rotatable bonds is 4. The van der Waals surface area contributed by atoms with Gasteiger partial charge < -0.3 is 10.2 Å². The van der Waals surface area contributed by atoms with Crippen LogP contribution in [-0.4, -0.2) is 22.2 Å². The minimum atomic E-state index is 0.272. The molecular weight excluding hydrogens is 322 g/mol. The van der Waals surface area contributed by atoms with E-state index in [2.05, 4.69) is 0 Å². The van der Waals surface area contributed by atoms with Crippen LogP contribution < -0.4 is 0 Å². The number of hydrogen-bond acceptors (Lipinski definition) is 3.